The van der Waals surface area contributed by atoms with Crippen molar-refractivity contribution in [1.29, 1.82) is 0 Å². The third-order valence-corrected chi connectivity index (χ3v) is 4.84. The molecule has 1 amide bonds. The number of nitrogens with one attached hydrogen (secondary N) is 1. The molecule has 2 aromatic carbocycles. The lowest BCUT2D eigenvalue weighted by Crippen LogP contribution is -2.24. The first-order chi connectivity index (χ1) is 11.3. The maximum Gasteiger partial charge on any atom is 0.244 e. The SMILES string of the molecule is CC(NC(=O)/C=C/c1ccc(Cl)cc1)c1ccc(S(C)(=O)=O)cc1. The van der Waals surface area contributed by atoms with Crippen molar-refractivity contribution >= 4 is 33.4 Å². The first kappa shape index (κ1) is 18.2. The van der Waals surface area contributed by atoms with Crippen molar-refractivity contribution in [2.45, 2.75) is 17.9 Å². The van der Waals surface area contributed by atoms with E-state index in [4.69, 9.17) is 11.6 Å². The number of sulfone groups is 1. The molecule has 2 aromatic rings. The summed E-state index contributed by atoms with van der Waals surface area (Å²) in [5.41, 5.74) is 1.70. The van der Waals surface area contributed by atoms with Gasteiger partial charge in [0.1, 0.15) is 0 Å². The van der Waals surface area contributed by atoms with E-state index in [9.17, 15) is 13.2 Å². The van der Waals surface area contributed by atoms with Crippen LogP contribution in [0.2, 0.25) is 5.02 Å². The Morgan fingerprint density at radius 1 is 1.08 bits per heavy atom. The Morgan fingerprint density at radius 3 is 2.21 bits per heavy atom. The number of rotatable bonds is 5. The lowest BCUT2D eigenvalue weighted by atomic mass is 10.1. The summed E-state index contributed by atoms with van der Waals surface area (Å²) in [6, 6.07) is 13.4. The third kappa shape index (κ3) is 5.22. The summed E-state index contributed by atoms with van der Waals surface area (Å²) in [4.78, 5) is 12.2. The van der Waals surface area contributed by atoms with E-state index in [0.717, 1.165) is 17.4 Å². The van der Waals surface area contributed by atoms with Crippen molar-refractivity contribution < 1.29 is 13.2 Å². The van der Waals surface area contributed by atoms with E-state index >= 15 is 0 Å². The van der Waals surface area contributed by atoms with Gasteiger partial charge in [-0.25, -0.2) is 8.42 Å². The fourth-order valence-electron chi connectivity index (χ4n) is 2.09. The van der Waals surface area contributed by atoms with Crippen LogP contribution in [0, 0.1) is 0 Å². The van der Waals surface area contributed by atoms with E-state index in [1.54, 1.807) is 30.3 Å². The molecule has 0 aliphatic heterocycles. The van der Waals surface area contributed by atoms with Crippen LogP contribution < -0.4 is 5.32 Å². The van der Waals surface area contributed by atoms with Gasteiger partial charge in [0.15, 0.2) is 9.84 Å². The molecule has 4 nitrogen and oxygen atoms in total. The van der Waals surface area contributed by atoms with Gasteiger partial charge in [-0.15, -0.1) is 0 Å². The zero-order chi connectivity index (χ0) is 17.7. The number of carbonyl (C=O) groups excluding carboxylic acids is 1. The topological polar surface area (TPSA) is 63.2 Å². The number of amides is 1. The van der Waals surface area contributed by atoms with Crippen LogP contribution in [0.5, 0.6) is 0 Å². The molecule has 0 aliphatic rings. The fraction of sp³-hybridized carbons (Fsp3) is 0.167. The molecule has 0 saturated heterocycles. The lowest BCUT2D eigenvalue weighted by Gasteiger charge is -2.13. The summed E-state index contributed by atoms with van der Waals surface area (Å²) in [6.07, 6.45) is 4.31. The number of hydrogen-bond acceptors (Lipinski definition) is 3. The Balaban J connectivity index is 1.99. The van der Waals surface area contributed by atoms with E-state index in [0.29, 0.717) is 5.02 Å². The highest BCUT2D eigenvalue weighted by atomic mass is 35.5. The number of carbonyl (C=O) groups is 1. The molecule has 126 valence electrons. The van der Waals surface area contributed by atoms with Gasteiger partial charge in [-0.3, -0.25) is 4.79 Å². The third-order valence-electron chi connectivity index (χ3n) is 3.46. The standard InChI is InChI=1S/C18H18ClNO3S/c1-13(15-6-10-17(11-7-15)24(2,22)23)20-18(21)12-5-14-3-8-16(19)9-4-14/h3-13H,1-2H3,(H,20,21)/b12-5+. The van der Waals surface area contributed by atoms with Crippen LogP contribution >= 0.6 is 11.6 Å². The van der Waals surface area contributed by atoms with Crippen LogP contribution in [-0.2, 0) is 14.6 Å². The average Bonchev–Trinajstić information content (AvgIpc) is 2.53. The molecule has 6 heteroatoms. The molecule has 1 N–H and O–H groups in total. The fourth-order valence-corrected chi connectivity index (χ4v) is 2.85. The molecule has 24 heavy (non-hydrogen) atoms. The van der Waals surface area contributed by atoms with Gasteiger partial charge in [-0.2, -0.15) is 0 Å². The van der Waals surface area contributed by atoms with Gasteiger partial charge in [0.25, 0.3) is 0 Å². The molecule has 2 rings (SSSR count). The first-order valence-corrected chi connectivity index (χ1v) is 9.57. The molecule has 0 heterocycles. The number of halogens is 1. The Bertz CT molecular complexity index is 841. The van der Waals surface area contributed by atoms with Gasteiger partial charge >= 0.3 is 0 Å². The Hall–Kier alpha value is -2.11. The van der Waals surface area contributed by atoms with Crippen molar-refractivity contribution in [2.75, 3.05) is 6.26 Å². The molecular formula is C18H18ClNO3S. The minimum absolute atomic E-state index is 0.232. The van der Waals surface area contributed by atoms with E-state index in [2.05, 4.69) is 5.32 Å². The van der Waals surface area contributed by atoms with Gasteiger partial charge in [0.2, 0.25) is 5.91 Å². The highest BCUT2D eigenvalue weighted by Crippen LogP contribution is 2.16. The van der Waals surface area contributed by atoms with Gasteiger partial charge in [-0.1, -0.05) is 35.9 Å². The van der Waals surface area contributed by atoms with E-state index in [1.807, 2.05) is 19.1 Å². The van der Waals surface area contributed by atoms with Crippen molar-refractivity contribution in [3.63, 3.8) is 0 Å². The second-order valence-electron chi connectivity index (χ2n) is 5.46. The van der Waals surface area contributed by atoms with Gasteiger partial charge in [0, 0.05) is 17.4 Å². The quantitative estimate of drug-likeness (QED) is 0.825. The van der Waals surface area contributed by atoms with Crippen LogP contribution in [0.4, 0.5) is 0 Å². The average molecular weight is 364 g/mol. The van der Waals surface area contributed by atoms with Gasteiger partial charge in [0.05, 0.1) is 10.9 Å². The first-order valence-electron chi connectivity index (χ1n) is 7.30. The Labute approximate surface area is 147 Å². The van der Waals surface area contributed by atoms with Crippen LogP contribution in [0.15, 0.2) is 59.5 Å². The number of hydrogen-bond donors (Lipinski definition) is 1. The van der Waals surface area contributed by atoms with Crippen molar-refractivity contribution in [2.24, 2.45) is 0 Å². The highest BCUT2D eigenvalue weighted by Gasteiger charge is 2.10. The summed E-state index contributed by atoms with van der Waals surface area (Å²) in [7, 11) is -3.22. The van der Waals surface area contributed by atoms with Crippen LogP contribution in [0.25, 0.3) is 6.08 Å². The minimum atomic E-state index is -3.22. The molecule has 0 radical (unpaired) electrons. The molecule has 0 aromatic heterocycles. The zero-order valence-electron chi connectivity index (χ0n) is 13.4. The predicted octanol–water partition coefficient (Wildman–Crippen LogP) is 3.63. The van der Waals surface area contributed by atoms with Crippen molar-refractivity contribution in [1.82, 2.24) is 5.32 Å². The molecule has 0 aliphatic carbocycles. The summed E-state index contributed by atoms with van der Waals surface area (Å²) >= 11 is 5.81. The summed E-state index contributed by atoms with van der Waals surface area (Å²) in [5.74, 6) is -0.232. The van der Waals surface area contributed by atoms with Crippen LogP contribution in [0.1, 0.15) is 24.1 Å². The maximum absolute atomic E-state index is 12.0. The second-order valence-corrected chi connectivity index (χ2v) is 7.91. The highest BCUT2D eigenvalue weighted by molar-refractivity contribution is 7.90. The molecule has 1 atom stereocenters. The predicted molar refractivity (Wildman–Crippen MR) is 96.6 cm³/mol. The molecular weight excluding hydrogens is 346 g/mol. The van der Waals surface area contributed by atoms with E-state index in [1.165, 1.54) is 18.2 Å². The van der Waals surface area contributed by atoms with Crippen LogP contribution in [-0.4, -0.2) is 20.6 Å². The van der Waals surface area contributed by atoms with Crippen molar-refractivity contribution in [3.05, 3.63) is 70.8 Å². The minimum Gasteiger partial charge on any atom is -0.346 e. The Morgan fingerprint density at radius 2 is 1.67 bits per heavy atom. The molecule has 0 spiro atoms. The summed E-state index contributed by atoms with van der Waals surface area (Å²) in [6.45, 7) is 1.84. The number of benzene rings is 2. The smallest absolute Gasteiger partial charge is 0.244 e. The monoisotopic (exact) mass is 363 g/mol. The van der Waals surface area contributed by atoms with Gasteiger partial charge in [-0.05, 0) is 48.4 Å². The molecule has 0 bridgehead atoms. The molecule has 1 unspecified atom stereocenters. The normalized spacial score (nSPS) is 13.0. The maximum atomic E-state index is 12.0. The van der Waals surface area contributed by atoms with Crippen LogP contribution in [0.3, 0.4) is 0 Å². The van der Waals surface area contributed by atoms with E-state index in [-0.39, 0.29) is 16.8 Å². The Kier molecular flexibility index (Phi) is 5.80. The summed E-state index contributed by atoms with van der Waals surface area (Å²) < 4.78 is 22.9. The summed E-state index contributed by atoms with van der Waals surface area (Å²) in [5, 5.41) is 3.48. The van der Waals surface area contributed by atoms with E-state index < -0.39 is 9.84 Å². The second kappa shape index (κ2) is 7.64. The zero-order valence-corrected chi connectivity index (χ0v) is 14.9. The largest absolute Gasteiger partial charge is 0.346 e. The molecule has 0 fully saturated rings. The lowest BCUT2D eigenvalue weighted by molar-refractivity contribution is -0.117. The van der Waals surface area contributed by atoms with Crippen molar-refractivity contribution in [3.8, 4) is 0 Å². The van der Waals surface area contributed by atoms with Gasteiger partial charge < -0.3 is 5.32 Å². The molecule has 0 saturated carbocycles.